The minimum absolute atomic E-state index is 0.205. The summed E-state index contributed by atoms with van der Waals surface area (Å²) in [6.07, 6.45) is 2.08. The monoisotopic (exact) mass is 519 g/mol. The van der Waals surface area contributed by atoms with Crippen molar-refractivity contribution >= 4 is 5.97 Å². The lowest BCUT2D eigenvalue weighted by Crippen LogP contribution is -2.35. The maximum atomic E-state index is 13.5. The van der Waals surface area contributed by atoms with Crippen molar-refractivity contribution in [3.05, 3.63) is 137 Å². The highest BCUT2D eigenvalue weighted by molar-refractivity contribution is 5.82. The van der Waals surface area contributed by atoms with Crippen LogP contribution < -0.4 is 4.74 Å². The molecule has 0 spiro atoms. The van der Waals surface area contributed by atoms with Gasteiger partial charge in [0, 0.05) is 6.54 Å². The number of likely N-dealkylation sites (tertiary alicyclic amines) is 1. The molecule has 1 aliphatic heterocycles. The fourth-order valence-corrected chi connectivity index (χ4v) is 5.18. The molecule has 200 valence electrons. The Morgan fingerprint density at radius 1 is 0.795 bits per heavy atom. The standard InChI is InChI=1S/C35H37NO3/c1-27-15-17-29(18-16-27)25-38-33-14-8-13-32(23-33)34(31-11-6-3-7-12-31)35(37)39-26-30-19-21-36(22-20-30)24-28-9-4-2-5-10-28/h2-18,23,30,34H,19-22,24-26H2,1H3. The van der Waals surface area contributed by atoms with E-state index in [0.717, 1.165) is 54.9 Å². The number of benzene rings is 4. The molecule has 39 heavy (non-hydrogen) atoms. The summed E-state index contributed by atoms with van der Waals surface area (Å²) < 4.78 is 12.1. The largest absolute Gasteiger partial charge is 0.489 e. The van der Waals surface area contributed by atoms with Crippen LogP contribution in [-0.2, 0) is 22.7 Å². The van der Waals surface area contributed by atoms with E-state index in [1.165, 1.54) is 11.1 Å². The Balaban J connectivity index is 1.20. The van der Waals surface area contributed by atoms with Gasteiger partial charge in [-0.3, -0.25) is 9.69 Å². The summed E-state index contributed by atoms with van der Waals surface area (Å²) in [6, 6.07) is 36.7. The van der Waals surface area contributed by atoms with Gasteiger partial charge in [0.1, 0.15) is 18.3 Å². The lowest BCUT2D eigenvalue weighted by Gasteiger charge is -2.32. The van der Waals surface area contributed by atoms with Gasteiger partial charge in [-0.05, 0) is 73.2 Å². The zero-order valence-electron chi connectivity index (χ0n) is 22.7. The van der Waals surface area contributed by atoms with Gasteiger partial charge in [-0.25, -0.2) is 0 Å². The van der Waals surface area contributed by atoms with Gasteiger partial charge in [0.15, 0.2) is 0 Å². The molecule has 1 aliphatic rings. The molecular weight excluding hydrogens is 482 g/mol. The van der Waals surface area contributed by atoms with Crippen molar-refractivity contribution in [3.8, 4) is 5.75 Å². The van der Waals surface area contributed by atoms with Crippen LogP contribution in [0.5, 0.6) is 5.75 Å². The molecule has 1 saturated heterocycles. The van der Waals surface area contributed by atoms with Gasteiger partial charge in [0.25, 0.3) is 0 Å². The van der Waals surface area contributed by atoms with Crippen molar-refractivity contribution in [2.24, 2.45) is 5.92 Å². The van der Waals surface area contributed by atoms with Crippen molar-refractivity contribution in [3.63, 3.8) is 0 Å². The van der Waals surface area contributed by atoms with Crippen LogP contribution >= 0.6 is 0 Å². The Bertz CT molecular complexity index is 1310. The predicted octanol–water partition coefficient (Wildman–Crippen LogP) is 7.16. The van der Waals surface area contributed by atoms with Crippen LogP contribution in [0.2, 0.25) is 0 Å². The van der Waals surface area contributed by atoms with Crippen LogP contribution in [0.3, 0.4) is 0 Å². The Labute approximate surface area is 232 Å². The van der Waals surface area contributed by atoms with Crippen LogP contribution in [0.4, 0.5) is 0 Å². The molecule has 4 nitrogen and oxygen atoms in total. The first-order valence-corrected chi connectivity index (χ1v) is 13.9. The smallest absolute Gasteiger partial charge is 0.317 e. The van der Waals surface area contributed by atoms with Crippen LogP contribution in [0.1, 0.15) is 46.6 Å². The second kappa shape index (κ2) is 13.3. The second-order valence-electron chi connectivity index (χ2n) is 10.5. The molecule has 0 N–H and O–H groups in total. The Kier molecular flexibility index (Phi) is 9.08. The van der Waals surface area contributed by atoms with Crippen molar-refractivity contribution in [2.75, 3.05) is 19.7 Å². The van der Waals surface area contributed by atoms with E-state index in [1.807, 2.05) is 54.6 Å². The predicted molar refractivity (Wildman–Crippen MR) is 156 cm³/mol. The van der Waals surface area contributed by atoms with Gasteiger partial charge in [-0.1, -0.05) is 103 Å². The fraction of sp³-hybridized carbons (Fsp3) is 0.286. The van der Waals surface area contributed by atoms with E-state index in [9.17, 15) is 4.79 Å². The Hall–Kier alpha value is -3.89. The first-order valence-electron chi connectivity index (χ1n) is 13.9. The molecule has 1 atom stereocenters. The van der Waals surface area contributed by atoms with E-state index in [0.29, 0.717) is 19.1 Å². The summed E-state index contributed by atoms with van der Waals surface area (Å²) in [6.45, 7) is 6.05. The molecule has 1 heterocycles. The van der Waals surface area contributed by atoms with Crippen LogP contribution in [0.15, 0.2) is 109 Å². The number of piperidine rings is 1. The number of carbonyl (C=O) groups excluding carboxylic acids is 1. The number of nitrogens with zero attached hydrogens (tertiary/aromatic N) is 1. The molecule has 0 radical (unpaired) electrons. The van der Waals surface area contributed by atoms with Gasteiger partial charge >= 0.3 is 5.97 Å². The number of hydrogen-bond donors (Lipinski definition) is 0. The molecule has 0 aliphatic carbocycles. The van der Waals surface area contributed by atoms with Crippen molar-refractivity contribution in [1.82, 2.24) is 4.90 Å². The number of hydrogen-bond acceptors (Lipinski definition) is 4. The summed E-state index contributed by atoms with van der Waals surface area (Å²) in [5, 5.41) is 0. The molecular formula is C35H37NO3. The van der Waals surface area contributed by atoms with E-state index in [-0.39, 0.29) is 5.97 Å². The molecule has 0 bridgehead atoms. The average molecular weight is 520 g/mol. The van der Waals surface area contributed by atoms with E-state index in [2.05, 4.69) is 66.4 Å². The normalized spacial score (nSPS) is 15.0. The summed E-state index contributed by atoms with van der Waals surface area (Å²) in [4.78, 5) is 16.0. The number of aryl methyl sites for hydroxylation is 1. The fourth-order valence-electron chi connectivity index (χ4n) is 5.18. The number of ether oxygens (including phenoxy) is 2. The molecule has 5 rings (SSSR count). The van der Waals surface area contributed by atoms with Crippen LogP contribution in [0.25, 0.3) is 0 Å². The first kappa shape index (κ1) is 26.7. The van der Waals surface area contributed by atoms with E-state index in [4.69, 9.17) is 9.47 Å². The highest BCUT2D eigenvalue weighted by atomic mass is 16.5. The SMILES string of the molecule is Cc1ccc(COc2cccc(C(C(=O)OCC3CCN(Cc4ccccc4)CC3)c3ccccc3)c2)cc1. The quantitative estimate of drug-likeness (QED) is 0.208. The molecule has 1 fully saturated rings. The molecule has 4 aromatic rings. The molecule has 0 aromatic heterocycles. The molecule has 1 unspecified atom stereocenters. The van der Waals surface area contributed by atoms with Crippen LogP contribution in [-0.4, -0.2) is 30.6 Å². The Morgan fingerprint density at radius 2 is 1.46 bits per heavy atom. The lowest BCUT2D eigenvalue weighted by atomic mass is 9.91. The lowest BCUT2D eigenvalue weighted by molar-refractivity contribution is -0.146. The highest BCUT2D eigenvalue weighted by Gasteiger charge is 2.27. The number of esters is 1. The van der Waals surface area contributed by atoms with Gasteiger partial charge in [-0.15, -0.1) is 0 Å². The van der Waals surface area contributed by atoms with E-state index >= 15 is 0 Å². The maximum Gasteiger partial charge on any atom is 0.317 e. The zero-order chi connectivity index (χ0) is 26.9. The van der Waals surface area contributed by atoms with Crippen molar-refractivity contribution in [1.29, 1.82) is 0 Å². The third-order valence-electron chi connectivity index (χ3n) is 7.50. The molecule has 0 amide bonds. The first-order chi connectivity index (χ1) is 19.1. The zero-order valence-corrected chi connectivity index (χ0v) is 22.7. The van der Waals surface area contributed by atoms with Gasteiger partial charge in [-0.2, -0.15) is 0 Å². The molecule has 4 aromatic carbocycles. The van der Waals surface area contributed by atoms with E-state index < -0.39 is 5.92 Å². The van der Waals surface area contributed by atoms with E-state index in [1.54, 1.807) is 0 Å². The third kappa shape index (κ3) is 7.58. The van der Waals surface area contributed by atoms with Gasteiger partial charge in [0.05, 0.1) is 6.61 Å². The summed E-state index contributed by atoms with van der Waals surface area (Å²) in [5.41, 5.74) is 5.49. The van der Waals surface area contributed by atoms with Crippen molar-refractivity contribution < 1.29 is 14.3 Å². The van der Waals surface area contributed by atoms with Gasteiger partial charge in [0.2, 0.25) is 0 Å². The Morgan fingerprint density at radius 3 is 2.18 bits per heavy atom. The van der Waals surface area contributed by atoms with Gasteiger partial charge < -0.3 is 9.47 Å². The number of rotatable bonds is 10. The third-order valence-corrected chi connectivity index (χ3v) is 7.50. The topological polar surface area (TPSA) is 38.8 Å². The molecule has 4 heteroatoms. The summed E-state index contributed by atoms with van der Waals surface area (Å²) in [5.74, 6) is 0.435. The average Bonchev–Trinajstić information content (AvgIpc) is 2.98. The number of carbonyl (C=O) groups is 1. The minimum atomic E-state index is -0.493. The van der Waals surface area contributed by atoms with Crippen molar-refractivity contribution in [2.45, 2.75) is 38.8 Å². The minimum Gasteiger partial charge on any atom is -0.489 e. The highest BCUT2D eigenvalue weighted by Crippen LogP contribution is 2.30. The summed E-state index contributed by atoms with van der Waals surface area (Å²) >= 11 is 0. The molecule has 0 saturated carbocycles. The maximum absolute atomic E-state index is 13.5. The second-order valence-corrected chi connectivity index (χ2v) is 10.5. The summed E-state index contributed by atoms with van der Waals surface area (Å²) in [7, 11) is 0. The van der Waals surface area contributed by atoms with Crippen LogP contribution in [0, 0.1) is 12.8 Å².